The first kappa shape index (κ1) is 8.74. The molecule has 0 saturated carbocycles. The normalized spacial score (nSPS) is 16.0. The fraction of sp³-hybridized carbons (Fsp3) is 0.200. The third-order valence-corrected chi connectivity index (χ3v) is 2.17. The number of hydrazone groups is 1. The summed E-state index contributed by atoms with van der Waals surface area (Å²) in [6.07, 6.45) is 3.18. The Morgan fingerprint density at radius 2 is 2.00 bits per heavy atom. The molecule has 0 spiro atoms. The molecule has 1 heterocycles. The van der Waals surface area contributed by atoms with Crippen molar-refractivity contribution in [2.24, 2.45) is 5.10 Å². The highest BCUT2D eigenvalue weighted by atomic mass is 16.5. The molecule has 0 radical (unpaired) electrons. The van der Waals surface area contributed by atoms with E-state index in [-0.39, 0.29) is 0 Å². The molecule has 14 heavy (non-hydrogen) atoms. The van der Waals surface area contributed by atoms with Crippen molar-refractivity contribution in [2.75, 3.05) is 5.73 Å². The Bertz CT molecular complexity index is 392. The van der Waals surface area contributed by atoms with Gasteiger partial charge in [0.1, 0.15) is 0 Å². The minimum absolute atomic E-state index is 0.676. The minimum atomic E-state index is 0.676. The molecule has 72 valence electrons. The molecule has 2 N–H and O–H groups in total. The van der Waals surface area contributed by atoms with Gasteiger partial charge < -0.3 is 10.9 Å². The second-order valence-corrected chi connectivity index (χ2v) is 3.18. The van der Waals surface area contributed by atoms with E-state index in [4.69, 9.17) is 5.73 Å². The van der Waals surface area contributed by atoms with E-state index in [1.807, 2.05) is 12.1 Å². The van der Waals surface area contributed by atoms with E-state index < -0.39 is 0 Å². The predicted molar refractivity (Wildman–Crippen MR) is 56.3 cm³/mol. The molecule has 1 aliphatic heterocycles. The van der Waals surface area contributed by atoms with Gasteiger partial charge in [-0.2, -0.15) is 0 Å². The standard InChI is InChI=1S/C10H11N3O/c11-9-5-3-8(4-6-9)10-2-1-7-12-13(10)14/h3-7H,1-2,11H2. The average molecular weight is 189 g/mol. The van der Waals surface area contributed by atoms with Gasteiger partial charge in [-0.1, -0.05) is 4.85 Å². The molecule has 0 aliphatic carbocycles. The molecule has 0 bridgehead atoms. The summed E-state index contributed by atoms with van der Waals surface area (Å²) in [5, 5.41) is 15.0. The molecule has 0 fully saturated rings. The number of nitrogens with two attached hydrogens (primary N) is 1. The van der Waals surface area contributed by atoms with Gasteiger partial charge in [0.25, 0.3) is 0 Å². The van der Waals surface area contributed by atoms with Crippen LogP contribution in [0.5, 0.6) is 0 Å². The van der Waals surface area contributed by atoms with E-state index >= 15 is 0 Å². The second-order valence-electron chi connectivity index (χ2n) is 3.18. The van der Waals surface area contributed by atoms with E-state index in [0.717, 1.165) is 18.4 Å². The number of hydrogen-bond acceptors (Lipinski definition) is 3. The molecule has 4 nitrogen and oxygen atoms in total. The van der Waals surface area contributed by atoms with Crippen LogP contribution in [0, 0.1) is 5.21 Å². The van der Waals surface area contributed by atoms with Crippen LogP contribution in [0.1, 0.15) is 18.4 Å². The Morgan fingerprint density at radius 1 is 1.29 bits per heavy atom. The Balaban J connectivity index is 2.39. The monoisotopic (exact) mass is 189 g/mol. The minimum Gasteiger partial charge on any atom is -0.594 e. The van der Waals surface area contributed by atoms with Crippen LogP contribution in [0.4, 0.5) is 5.69 Å². The molecule has 1 aliphatic rings. The predicted octanol–water partition coefficient (Wildman–Crippen LogP) is 1.35. The van der Waals surface area contributed by atoms with Crippen molar-refractivity contribution < 1.29 is 4.85 Å². The molecule has 0 atom stereocenters. The summed E-state index contributed by atoms with van der Waals surface area (Å²) >= 11 is 0. The number of rotatable bonds is 1. The zero-order valence-electron chi connectivity index (χ0n) is 7.68. The maximum Gasteiger partial charge on any atom is 0.229 e. The fourth-order valence-corrected chi connectivity index (χ4v) is 1.43. The highest BCUT2D eigenvalue weighted by molar-refractivity contribution is 5.98. The summed E-state index contributed by atoms with van der Waals surface area (Å²) in [6, 6.07) is 7.26. The topological polar surface area (TPSA) is 64.5 Å². The highest BCUT2D eigenvalue weighted by Gasteiger charge is 2.15. The van der Waals surface area contributed by atoms with Crippen LogP contribution in [-0.4, -0.2) is 16.8 Å². The molecule has 1 aromatic carbocycles. The number of nitrogen functional groups attached to an aromatic ring is 1. The Hall–Kier alpha value is -1.84. The van der Waals surface area contributed by atoms with Crippen molar-refractivity contribution >= 4 is 17.6 Å². The Morgan fingerprint density at radius 3 is 2.64 bits per heavy atom. The first-order chi connectivity index (χ1) is 6.77. The average Bonchev–Trinajstić information content (AvgIpc) is 2.20. The van der Waals surface area contributed by atoms with Crippen LogP contribution >= 0.6 is 0 Å². The molecule has 1 aromatic rings. The van der Waals surface area contributed by atoms with Crippen LogP contribution in [-0.2, 0) is 0 Å². The zero-order chi connectivity index (χ0) is 9.97. The number of benzene rings is 1. The zero-order valence-corrected chi connectivity index (χ0v) is 7.68. The molecular weight excluding hydrogens is 178 g/mol. The number of nitrogens with zero attached hydrogens (tertiary/aromatic N) is 2. The lowest BCUT2D eigenvalue weighted by atomic mass is 10.1. The lowest BCUT2D eigenvalue weighted by Crippen LogP contribution is -2.16. The van der Waals surface area contributed by atoms with Crippen LogP contribution in [0.3, 0.4) is 0 Å². The van der Waals surface area contributed by atoms with Gasteiger partial charge in [0.15, 0.2) is 0 Å². The van der Waals surface area contributed by atoms with Crippen LogP contribution < -0.4 is 5.73 Å². The molecule has 4 heteroatoms. The molecule has 0 aromatic heterocycles. The molecule has 0 amide bonds. The van der Waals surface area contributed by atoms with Crippen LogP contribution in [0.15, 0.2) is 29.4 Å². The Kier molecular flexibility index (Phi) is 2.18. The smallest absolute Gasteiger partial charge is 0.229 e. The SMILES string of the molecule is Nc1ccc(C2=[N+]([O-])N=CCC2)cc1. The number of hydrogen-bond donors (Lipinski definition) is 1. The fourth-order valence-electron chi connectivity index (χ4n) is 1.43. The van der Waals surface area contributed by atoms with E-state index in [1.54, 1.807) is 18.3 Å². The summed E-state index contributed by atoms with van der Waals surface area (Å²) in [7, 11) is 0. The van der Waals surface area contributed by atoms with Gasteiger partial charge in [-0.25, -0.2) is 0 Å². The summed E-state index contributed by atoms with van der Waals surface area (Å²) in [5.41, 5.74) is 7.86. The molecular formula is C10H11N3O. The van der Waals surface area contributed by atoms with Gasteiger partial charge in [-0.15, -0.1) is 0 Å². The molecule has 0 saturated heterocycles. The number of anilines is 1. The first-order valence-electron chi connectivity index (χ1n) is 4.49. The molecule has 0 unspecified atom stereocenters. The van der Waals surface area contributed by atoms with Crippen LogP contribution in [0.2, 0.25) is 0 Å². The maximum atomic E-state index is 11.3. The van der Waals surface area contributed by atoms with Gasteiger partial charge in [0.2, 0.25) is 5.71 Å². The van der Waals surface area contributed by atoms with E-state index in [9.17, 15) is 5.21 Å². The summed E-state index contributed by atoms with van der Waals surface area (Å²) < 4.78 is 0. The summed E-state index contributed by atoms with van der Waals surface area (Å²) in [4.78, 5) is 0.676. The second kappa shape index (κ2) is 3.49. The van der Waals surface area contributed by atoms with E-state index in [2.05, 4.69) is 5.10 Å². The van der Waals surface area contributed by atoms with E-state index in [0.29, 0.717) is 16.2 Å². The van der Waals surface area contributed by atoms with Gasteiger partial charge in [0, 0.05) is 22.8 Å². The first-order valence-corrected chi connectivity index (χ1v) is 4.49. The van der Waals surface area contributed by atoms with Crippen molar-refractivity contribution in [1.82, 2.24) is 0 Å². The van der Waals surface area contributed by atoms with Crippen molar-refractivity contribution in [3.63, 3.8) is 0 Å². The van der Waals surface area contributed by atoms with Gasteiger partial charge >= 0.3 is 0 Å². The lowest BCUT2D eigenvalue weighted by Gasteiger charge is -2.07. The van der Waals surface area contributed by atoms with Gasteiger partial charge in [-0.05, 0) is 30.7 Å². The van der Waals surface area contributed by atoms with E-state index in [1.165, 1.54) is 0 Å². The third-order valence-electron chi connectivity index (χ3n) is 2.17. The quantitative estimate of drug-likeness (QED) is 0.411. The lowest BCUT2D eigenvalue weighted by molar-refractivity contribution is -0.464. The van der Waals surface area contributed by atoms with Gasteiger partial charge in [-0.3, -0.25) is 0 Å². The van der Waals surface area contributed by atoms with Crippen molar-refractivity contribution in [1.29, 1.82) is 0 Å². The highest BCUT2D eigenvalue weighted by Crippen LogP contribution is 2.11. The van der Waals surface area contributed by atoms with Crippen molar-refractivity contribution in [3.05, 3.63) is 35.0 Å². The van der Waals surface area contributed by atoms with Gasteiger partial charge in [0.05, 0.1) is 6.21 Å². The summed E-state index contributed by atoms with van der Waals surface area (Å²) in [6.45, 7) is 0. The largest absolute Gasteiger partial charge is 0.594 e. The summed E-state index contributed by atoms with van der Waals surface area (Å²) in [5.74, 6) is 0. The van der Waals surface area contributed by atoms with Crippen molar-refractivity contribution in [3.8, 4) is 0 Å². The third kappa shape index (κ3) is 1.59. The molecule has 2 rings (SSSR count). The van der Waals surface area contributed by atoms with Crippen molar-refractivity contribution in [2.45, 2.75) is 12.8 Å². The Labute approximate surface area is 81.9 Å². The van der Waals surface area contributed by atoms with Crippen LogP contribution in [0.25, 0.3) is 0 Å². The maximum absolute atomic E-state index is 11.3.